The molecule has 2 aliphatic heterocycles. The Bertz CT molecular complexity index is 764. The van der Waals surface area contributed by atoms with Crippen LogP contribution in [-0.4, -0.2) is 53.4 Å². The molecule has 3 aliphatic rings. The zero-order valence-electron chi connectivity index (χ0n) is 16.9. The molecule has 1 unspecified atom stereocenters. The number of nitrogens with one attached hydrogen (secondary N) is 1. The van der Waals surface area contributed by atoms with Crippen molar-refractivity contribution >= 4 is 23.2 Å². The average Bonchev–Trinajstić information content (AvgIpc) is 3.30. The maximum atomic E-state index is 12.8. The van der Waals surface area contributed by atoms with Crippen molar-refractivity contribution in [2.45, 2.75) is 57.4 Å². The van der Waals surface area contributed by atoms with Gasteiger partial charge in [0.15, 0.2) is 0 Å². The van der Waals surface area contributed by atoms with Gasteiger partial charge in [-0.1, -0.05) is 11.6 Å². The summed E-state index contributed by atoms with van der Waals surface area (Å²) in [6, 6.07) is 0.0171. The van der Waals surface area contributed by atoms with Gasteiger partial charge in [0.1, 0.15) is 5.02 Å². The second-order valence-electron chi connectivity index (χ2n) is 8.62. The van der Waals surface area contributed by atoms with E-state index in [9.17, 15) is 9.59 Å². The highest BCUT2D eigenvalue weighted by atomic mass is 35.5. The fourth-order valence-corrected chi connectivity index (χ4v) is 5.02. The van der Waals surface area contributed by atoms with Crippen molar-refractivity contribution in [2.75, 3.05) is 38.2 Å². The number of likely N-dealkylation sites (tertiary alicyclic amines) is 1. The molecule has 1 aromatic rings. The summed E-state index contributed by atoms with van der Waals surface area (Å²) in [7, 11) is 0. The molecule has 1 aliphatic carbocycles. The van der Waals surface area contributed by atoms with Crippen molar-refractivity contribution in [3.8, 4) is 0 Å². The normalized spacial score (nSPS) is 27.8. The van der Waals surface area contributed by atoms with Gasteiger partial charge >= 0.3 is 0 Å². The van der Waals surface area contributed by atoms with E-state index in [-0.39, 0.29) is 22.5 Å². The van der Waals surface area contributed by atoms with Crippen LogP contribution in [0.2, 0.25) is 5.02 Å². The van der Waals surface area contributed by atoms with E-state index in [1.807, 2.05) is 4.90 Å². The van der Waals surface area contributed by atoms with Gasteiger partial charge in [0, 0.05) is 32.2 Å². The Hall–Kier alpha value is -1.60. The number of carbonyl (C=O) groups excluding carboxylic acids is 1. The standard InChI is InChI=1S/C21H31ClN4O3/c22-19-18(23-12-15-4-3-11-29-14-15)13-24-26(21(19)28)17-7-5-16(6-8-17)20(27)25-9-1-2-10-25/h13,15-17,23H,1-12,14H2. The molecular formula is C21H31ClN4O3. The molecule has 0 aromatic carbocycles. The molecule has 8 heteroatoms. The van der Waals surface area contributed by atoms with Gasteiger partial charge < -0.3 is 15.0 Å². The smallest absolute Gasteiger partial charge is 0.287 e. The summed E-state index contributed by atoms with van der Waals surface area (Å²) in [5, 5.41) is 7.87. The third kappa shape index (κ3) is 4.77. The summed E-state index contributed by atoms with van der Waals surface area (Å²) in [5.41, 5.74) is 0.349. The van der Waals surface area contributed by atoms with Gasteiger partial charge in [-0.15, -0.1) is 0 Å². The van der Waals surface area contributed by atoms with Crippen molar-refractivity contribution in [1.29, 1.82) is 0 Å². The predicted molar refractivity (Wildman–Crippen MR) is 112 cm³/mol. The van der Waals surface area contributed by atoms with Gasteiger partial charge in [-0.05, 0) is 57.3 Å². The molecule has 3 heterocycles. The Kier molecular flexibility index (Phi) is 6.75. The summed E-state index contributed by atoms with van der Waals surface area (Å²) >= 11 is 6.37. The van der Waals surface area contributed by atoms with Crippen molar-refractivity contribution in [3.05, 3.63) is 21.6 Å². The summed E-state index contributed by atoms with van der Waals surface area (Å²) in [4.78, 5) is 27.4. The molecule has 7 nitrogen and oxygen atoms in total. The molecule has 1 aromatic heterocycles. The molecule has 1 atom stereocenters. The molecule has 1 saturated carbocycles. The largest absolute Gasteiger partial charge is 0.382 e. The lowest BCUT2D eigenvalue weighted by molar-refractivity contribution is -0.135. The van der Waals surface area contributed by atoms with E-state index < -0.39 is 0 Å². The monoisotopic (exact) mass is 422 g/mol. The van der Waals surface area contributed by atoms with Crippen molar-refractivity contribution in [2.24, 2.45) is 11.8 Å². The molecule has 0 bridgehead atoms. The number of nitrogens with zero attached hydrogens (tertiary/aromatic N) is 3. The number of carbonyl (C=O) groups is 1. The van der Waals surface area contributed by atoms with Gasteiger partial charge in [-0.25, -0.2) is 4.68 Å². The minimum atomic E-state index is -0.245. The molecule has 29 heavy (non-hydrogen) atoms. The van der Waals surface area contributed by atoms with Gasteiger partial charge in [0.25, 0.3) is 5.56 Å². The highest BCUT2D eigenvalue weighted by molar-refractivity contribution is 6.32. The lowest BCUT2D eigenvalue weighted by Crippen LogP contribution is -2.37. The fourth-order valence-electron chi connectivity index (χ4n) is 4.81. The zero-order chi connectivity index (χ0) is 20.2. The first kappa shape index (κ1) is 20.7. The molecule has 3 fully saturated rings. The number of ether oxygens (including phenoxy) is 1. The van der Waals surface area contributed by atoms with Gasteiger partial charge in [0.05, 0.1) is 24.5 Å². The van der Waals surface area contributed by atoms with E-state index in [1.165, 1.54) is 4.68 Å². The second kappa shape index (κ2) is 9.47. The maximum absolute atomic E-state index is 12.8. The van der Waals surface area contributed by atoms with Crippen LogP contribution in [-0.2, 0) is 9.53 Å². The SMILES string of the molecule is O=C(C1CCC(n2ncc(NCC3CCCOC3)c(Cl)c2=O)CC1)N1CCCC1. The molecule has 160 valence electrons. The number of amides is 1. The van der Waals surface area contributed by atoms with E-state index in [2.05, 4.69) is 10.4 Å². The summed E-state index contributed by atoms with van der Waals surface area (Å²) in [6.45, 7) is 4.11. The molecule has 0 spiro atoms. The maximum Gasteiger partial charge on any atom is 0.287 e. The average molecular weight is 423 g/mol. The number of rotatable bonds is 5. The Balaban J connectivity index is 1.34. The highest BCUT2D eigenvalue weighted by Gasteiger charge is 2.32. The first-order valence-electron chi connectivity index (χ1n) is 11.0. The van der Waals surface area contributed by atoms with Crippen LogP contribution in [0.4, 0.5) is 5.69 Å². The van der Waals surface area contributed by atoms with Crippen LogP contribution in [0, 0.1) is 11.8 Å². The van der Waals surface area contributed by atoms with Gasteiger partial charge in [-0.2, -0.15) is 5.10 Å². The quantitative estimate of drug-likeness (QED) is 0.789. The van der Waals surface area contributed by atoms with E-state index >= 15 is 0 Å². The number of halogens is 1. The third-order valence-corrected chi connectivity index (χ3v) is 6.95. The summed E-state index contributed by atoms with van der Waals surface area (Å²) < 4.78 is 7.02. The molecule has 1 amide bonds. The zero-order valence-corrected chi connectivity index (χ0v) is 17.7. The number of hydrogen-bond donors (Lipinski definition) is 1. The number of hydrogen-bond acceptors (Lipinski definition) is 5. The van der Waals surface area contributed by atoms with Gasteiger partial charge in [-0.3, -0.25) is 9.59 Å². The first-order chi connectivity index (χ1) is 14.1. The van der Waals surface area contributed by atoms with Crippen molar-refractivity contribution in [1.82, 2.24) is 14.7 Å². The van der Waals surface area contributed by atoms with Crippen LogP contribution < -0.4 is 10.9 Å². The molecule has 1 N–H and O–H groups in total. The molecule has 0 radical (unpaired) electrons. The Morgan fingerprint density at radius 3 is 2.62 bits per heavy atom. The molecule has 2 saturated heterocycles. The van der Waals surface area contributed by atoms with Crippen LogP contribution in [0.1, 0.15) is 57.4 Å². The van der Waals surface area contributed by atoms with Crippen molar-refractivity contribution < 1.29 is 9.53 Å². The van der Waals surface area contributed by atoms with E-state index in [0.29, 0.717) is 17.5 Å². The van der Waals surface area contributed by atoms with Gasteiger partial charge in [0.2, 0.25) is 5.91 Å². The minimum absolute atomic E-state index is 0.0171. The van der Waals surface area contributed by atoms with Crippen LogP contribution in [0.5, 0.6) is 0 Å². The number of anilines is 1. The predicted octanol–water partition coefficient (Wildman–Crippen LogP) is 3.09. The van der Waals surface area contributed by atoms with E-state index in [4.69, 9.17) is 16.3 Å². The Morgan fingerprint density at radius 1 is 1.17 bits per heavy atom. The number of aromatic nitrogens is 2. The second-order valence-corrected chi connectivity index (χ2v) is 9.00. The van der Waals surface area contributed by atoms with Crippen LogP contribution in [0.25, 0.3) is 0 Å². The summed E-state index contributed by atoms with van der Waals surface area (Å²) in [6.07, 6.45) is 9.30. The third-order valence-electron chi connectivity index (χ3n) is 6.59. The highest BCUT2D eigenvalue weighted by Crippen LogP contribution is 2.33. The lowest BCUT2D eigenvalue weighted by Gasteiger charge is -2.30. The Labute approximate surface area is 176 Å². The van der Waals surface area contributed by atoms with E-state index in [0.717, 1.165) is 84.2 Å². The summed E-state index contributed by atoms with van der Waals surface area (Å²) in [5.74, 6) is 0.824. The minimum Gasteiger partial charge on any atom is -0.382 e. The van der Waals surface area contributed by atoms with Crippen molar-refractivity contribution in [3.63, 3.8) is 0 Å². The van der Waals surface area contributed by atoms with Crippen LogP contribution in [0.15, 0.2) is 11.0 Å². The van der Waals surface area contributed by atoms with Crippen LogP contribution >= 0.6 is 11.6 Å². The fraction of sp³-hybridized carbons (Fsp3) is 0.762. The topological polar surface area (TPSA) is 76.5 Å². The van der Waals surface area contributed by atoms with E-state index in [1.54, 1.807) is 6.20 Å². The first-order valence-corrected chi connectivity index (χ1v) is 11.4. The molecule has 4 rings (SSSR count). The van der Waals surface area contributed by atoms with Crippen LogP contribution in [0.3, 0.4) is 0 Å². The molecular weight excluding hydrogens is 392 g/mol. The Morgan fingerprint density at radius 2 is 1.93 bits per heavy atom. The lowest BCUT2D eigenvalue weighted by atomic mass is 9.85.